The van der Waals surface area contributed by atoms with Crippen molar-refractivity contribution < 1.29 is 9.21 Å². The molecule has 0 bridgehead atoms. The first kappa shape index (κ1) is 21.4. The molecule has 31 heavy (non-hydrogen) atoms. The molecule has 0 atom stereocenters. The zero-order chi connectivity index (χ0) is 21.6. The number of hydrogen-bond acceptors (Lipinski definition) is 5. The Morgan fingerprint density at radius 2 is 1.90 bits per heavy atom. The van der Waals surface area contributed by atoms with E-state index in [0.29, 0.717) is 12.3 Å². The summed E-state index contributed by atoms with van der Waals surface area (Å²) < 4.78 is 5.94. The highest BCUT2D eigenvalue weighted by Crippen LogP contribution is 2.40. The van der Waals surface area contributed by atoms with Crippen LogP contribution < -0.4 is 10.2 Å². The summed E-state index contributed by atoms with van der Waals surface area (Å²) in [6, 6.07) is 13.9. The molecular formula is C25H29N3O2S. The summed E-state index contributed by atoms with van der Waals surface area (Å²) in [6.45, 7) is 6.51. The first-order valence-electron chi connectivity index (χ1n) is 11.0. The quantitative estimate of drug-likeness (QED) is 0.459. The van der Waals surface area contributed by atoms with Gasteiger partial charge in [0.1, 0.15) is 10.8 Å². The molecule has 0 saturated carbocycles. The molecule has 0 fully saturated rings. The Hall–Kier alpha value is -2.86. The van der Waals surface area contributed by atoms with Gasteiger partial charge in [-0.3, -0.25) is 4.79 Å². The fourth-order valence-corrected chi connectivity index (χ4v) is 5.21. The highest BCUT2D eigenvalue weighted by molar-refractivity contribution is 7.16. The largest absolute Gasteiger partial charge is 0.440 e. The summed E-state index contributed by atoms with van der Waals surface area (Å²) in [5, 5.41) is 3.86. The van der Waals surface area contributed by atoms with Crippen LogP contribution in [0.2, 0.25) is 0 Å². The maximum atomic E-state index is 13.1. The first-order chi connectivity index (χ1) is 15.2. The van der Waals surface area contributed by atoms with E-state index in [1.54, 1.807) is 17.6 Å². The number of nitrogens with zero attached hydrogens (tertiary/aromatic N) is 2. The Morgan fingerprint density at radius 1 is 1.13 bits per heavy atom. The lowest BCUT2D eigenvalue weighted by Crippen LogP contribution is -2.24. The Balaban J connectivity index is 1.57. The standard InChI is InChI=1S/C25H29N3O2S/c1-3-28(4-2)22-15-14-19(30-22)17-27-25-23(20-12-8-9-13-21(20)31-25)24(29)26-16-18-10-6-5-7-11-18/h5-7,10-11,14-15,17H,3-4,8-9,12-13,16H2,1-2H3,(H,26,29). The number of benzene rings is 1. The van der Waals surface area contributed by atoms with Gasteiger partial charge in [0.25, 0.3) is 5.91 Å². The van der Waals surface area contributed by atoms with Gasteiger partial charge in [-0.1, -0.05) is 30.3 Å². The summed E-state index contributed by atoms with van der Waals surface area (Å²) in [4.78, 5) is 21.3. The van der Waals surface area contributed by atoms with Crippen LogP contribution in [0.3, 0.4) is 0 Å². The summed E-state index contributed by atoms with van der Waals surface area (Å²) in [7, 11) is 0. The van der Waals surface area contributed by atoms with Gasteiger partial charge in [-0.05, 0) is 56.7 Å². The molecule has 0 spiro atoms. The van der Waals surface area contributed by atoms with E-state index in [-0.39, 0.29) is 5.91 Å². The average Bonchev–Trinajstić information content (AvgIpc) is 3.42. The monoisotopic (exact) mass is 435 g/mol. The van der Waals surface area contributed by atoms with Gasteiger partial charge < -0.3 is 14.6 Å². The number of aliphatic imine (C=N–C) groups is 1. The second-order valence-corrected chi connectivity index (χ2v) is 8.75. The Labute approximate surface area is 187 Å². The van der Waals surface area contributed by atoms with Gasteiger partial charge in [0, 0.05) is 30.6 Å². The van der Waals surface area contributed by atoms with Crippen molar-refractivity contribution >= 4 is 34.3 Å². The number of hydrogen-bond donors (Lipinski definition) is 1. The minimum Gasteiger partial charge on any atom is -0.440 e. The van der Waals surface area contributed by atoms with Crippen molar-refractivity contribution in [3.8, 4) is 0 Å². The van der Waals surface area contributed by atoms with E-state index in [4.69, 9.17) is 9.41 Å². The normalized spacial score (nSPS) is 13.4. The van der Waals surface area contributed by atoms with Crippen LogP contribution in [0.25, 0.3) is 0 Å². The van der Waals surface area contributed by atoms with Gasteiger partial charge in [-0.2, -0.15) is 0 Å². The first-order valence-corrected chi connectivity index (χ1v) is 11.9. The minimum absolute atomic E-state index is 0.0429. The Morgan fingerprint density at radius 3 is 2.68 bits per heavy atom. The fraction of sp³-hybridized carbons (Fsp3) is 0.360. The summed E-state index contributed by atoms with van der Waals surface area (Å²) in [6.07, 6.45) is 6.01. The van der Waals surface area contributed by atoms with Gasteiger partial charge in [0.05, 0.1) is 11.8 Å². The van der Waals surface area contributed by atoms with Crippen LogP contribution in [0, 0.1) is 0 Å². The number of thiophene rings is 1. The van der Waals surface area contributed by atoms with Crippen LogP contribution in [0.5, 0.6) is 0 Å². The zero-order valence-corrected chi connectivity index (χ0v) is 19.0. The van der Waals surface area contributed by atoms with Gasteiger partial charge in [-0.15, -0.1) is 11.3 Å². The van der Waals surface area contributed by atoms with Crippen molar-refractivity contribution in [3.63, 3.8) is 0 Å². The Kier molecular flexibility index (Phi) is 6.87. The van der Waals surface area contributed by atoms with E-state index < -0.39 is 0 Å². The molecule has 0 saturated heterocycles. The molecule has 0 unspecified atom stereocenters. The van der Waals surface area contributed by atoms with Crippen LogP contribution in [0.1, 0.15) is 58.8 Å². The lowest BCUT2D eigenvalue weighted by atomic mass is 9.95. The van der Waals surface area contributed by atoms with Crippen LogP contribution in [0.15, 0.2) is 51.9 Å². The molecule has 1 aliphatic rings. The molecule has 1 N–H and O–H groups in total. The van der Waals surface area contributed by atoms with Crippen molar-refractivity contribution in [2.75, 3.05) is 18.0 Å². The summed E-state index contributed by atoms with van der Waals surface area (Å²) >= 11 is 1.64. The smallest absolute Gasteiger partial charge is 0.254 e. The van der Waals surface area contributed by atoms with E-state index in [0.717, 1.165) is 54.4 Å². The van der Waals surface area contributed by atoms with Gasteiger partial charge in [0.2, 0.25) is 0 Å². The number of fused-ring (bicyclic) bond motifs is 1. The molecule has 1 aromatic carbocycles. The predicted octanol–water partition coefficient (Wildman–Crippen LogP) is 5.75. The molecule has 1 amide bonds. The second-order valence-electron chi connectivity index (χ2n) is 7.67. The third kappa shape index (κ3) is 4.90. The number of carbonyl (C=O) groups excluding carboxylic acids is 1. The number of furan rings is 1. The molecule has 2 aromatic heterocycles. The van der Waals surface area contributed by atoms with Crippen molar-refractivity contribution in [2.24, 2.45) is 4.99 Å². The Bertz CT molecular complexity index is 1050. The van der Waals surface area contributed by atoms with Crippen LogP contribution >= 0.6 is 11.3 Å². The maximum absolute atomic E-state index is 13.1. The molecule has 3 aromatic rings. The molecule has 0 aliphatic heterocycles. The molecule has 1 aliphatic carbocycles. The molecule has 5 nitrogen and oxygen atoms in total. The third-order valence-corrected chi connectivity index (χ3v) is 6.87. The molecular weight excluding hydrogens is 406 g/mol. The minimum atomic E-state index is -0.0429. The van der Waals surface area contributed by atoms with E-state index >= 15 is 0 Å². The van der Waals surface area contributed by atoms with E-state index in [1.165, 1.54) is 16.9 Å². The number of nitrogens with one attached hydrogen (secondary N) is 1. The van der Waals surface area contributed by atoms with Crippen LogP contribution in [-0.4, -0.2) is 25.2 Å². The van der Waals surface area contributed by atoms with Crippen molar-refractivity contribution in [1.29, 1.82) is 0 Å². The topological polar surface area (TPSA) is 57.8 Å². The number of aryl methyl sites for hydroxylation is 1. The highest BCUT2D eigenvalue weighted by Gasteiger charge is 2.25. The summed E-state index contributed by atoms with van der Waals surface area (Å²) in [5.41, 5.74) is 3.00. The number of carbonyl (C=O) groups is 1. The molecule has 162 valence electrons. The van der Waals surface area contributed by atoms with E-state index in [9.17, 15) is 4.79 Å². The molecule has 4 rings (SSSR count). The van der Waals surface area contributed by atoms with Gasteiger partial charge in [0.15, 0.2) is 5.88 Å². The predicted molar refractivity (Wildman–Crippen MR) is 128 cm³/mol. The van der Waals surface area contributed by atoms with Gasteiger partial charge in [-0.25, -0.2) is 4.99 Å². The average molecular weight is 436 g/mol. The van der Waals surface area contributed by atoms with Crippen molar-refractivity contribution in [1.82, 2.24) is 5.32 Å². The second kappa shape index (κ2) is 9.96. The van der Waals surface area contributed by atoms with Crippen molar-refractivity contribution in [3.05, 3.63) is 69.8 Å². The number of rotatable bonds is 8. The highest BCUT2D eigenvalue weighted by atomic mass is 32.1. The van der Waals surface area contributed by atoms with Gasteiger partial charge >= 0.3 is 0 Å². The zero-order valence-electron chi connectivity index (χ0n) is 18.2. The lowest BCUT2D eigenvalue weighted by Gasteiger charge is -2.16. The fourth-order valence-electron chi connectivity index (χ4n) is 3.98. The molecule has 6 heteroatoms. The maximum Gasteiger partial charge on any atom is 0.254 e. The third-order valence-electron chi connectivity index (χ3n) is 5.67. The van der Waals surface area contributed by atoms with Crippen LogP contribution in [0.4, 0.5) is 10.9 Å². The number of amides is 1. The molecule has 2 heterocycles. The van der Waals surface area contributed by atoms with Crippen molar-refractivity contribution in [2.45, 2.75) is 46.1 Å². The van der Waals surface area contributed by atoms with E-state index in [1.807, 2.05) is 42.5 Å². The van der Waals surface area contributed by atoms with E-state index in [2.05, 4.69) is 24.1 Å². The summed E-state index contributed by atoms with van der Waals surface area (Å²) in [5.74, 6) is 1.50. The molecule has 0 radical (unpaired) electrons. The van der Waals surface area contributed by atoms with Crippen LogP contribution in [-0.2, 0) is 19.4 Å². The lowest BCUT2D eigenvalue weighted by molar-refractivity contribution is 0.0951. The SMILES string of the molecule is CCN(CC)c1ccc(C=Nc2sc3c(c2C(=O)NCc2ccccc2)CCCC3)o1. The number of anilines is 1.